The Kier molecular flexibility index (Phi) is 12.0. The van der Waals surface area contributed by atoms with Crippen LogP contribution in [0.5, 0.6) is 0 Å². The van der Waals surface area contributed by atoms with Gasteiger partial charge in [-0.05, 0) is 43.6 Å². The minimum atomic E-state index is -0.525. The summed E-state index contributed by atoms with van der Waals surface area (Å²) in [7, 11) is 0. The molecule has 1 fully saturated rings. The number of allylic oxidation sites excluding steroid dienone is 2. The molecule has 1 saturated carbocycles. The summed E-state index contributed by atoms with van der Waals surface area (Å²) in [5.41, 5.74) is 1.03. The molecule has 1 aromatic carbocycles. The Labute approximate surface area is 215 Å². The van der Waals surface area contributed by atoms with Gasteiger partial charge in [-0.2, -0.15) is 0 Å². The molecule has 2 amide bonds. The lowest BCUT2D eigenvalue weighted by atomic mass is 9.84. The molecular formula is C29H42N2O5. The smallest absolute Gasteiger partial charge is 0.305 e. The number of amides is 2. The van der Waals surface area contributed by atoms with E-state index in [4.69, 9.17) is 4.74 Å². The van der Waals surface area contributed by atoms with Crippen molar-refractivity contribution in [1.82, 2.24) is 10.6 Å². The van der Waals surface area contributed by atoms with Gasteiger partial charge < -0.3 is 20.5 Å². The molecule has 1 aliphatic carbocycles. The van der Waals surface area contributed by atoms with Gasteiger partial charge in [-0.3, -0.25) is 14.4 Å². The van der Waals surface area contributed by atoms with E-state index in [0.29, 0.717) is 31.6 Å². The van der Waals surface area contributed by atoms with Crippen molar-refractivity contribution in [3.63, 3.8) is 0 Å². The van der Waals surface area contributed by atoms with Crippen molar-refractivity contribution in [2.45, 2.75) is 89.1 Å². The Bertz CT molecular complexity index is 850. The van der Waals surface area contributed by atoms with Gasteiger partial charge in [-0.1, -0.05) is 74.6 Å². The third-order valence-corrected chi connectivity index (χ3v) is 7.19. The summed E-state index contributed by atoms with van der Waals surface area (Å²) < 4.78 is 5.51. The monoisotopic (exact) mass is 498 g/mol. The van der Waals surface area contributed by atoms with E-state index in [1.807, 2.05) is 42.5 Å². The van der Waals surface area contributed by atoms with Gasteiger partial charge in [0.1, 0.15) is 6.61 Å². The maximum atomic E-state index is 13.3. The van der Waals surface area contributed by atoms with E-state index < -0.39 is 12.0 Å². The van der Waals surface area contributed by atoms with Crippen LogP contribution >= 0.6 is 0 Å². The largest absolute Gasteiger partial charge is 0.463 e. The van der Waals surface area contributed by atoms with Crippen LogP contribution in [0.25, 0.3) is 0 Å². The lowest BCUT2D eigenvalue weighted by Crippen LogP contribution is -2.45. The Balaban J connectivity index is 1.63. The standard InChI is InChI=1S/C29H42N2O5/c32-20-25(17-22-11-5-3-6-12-22)30-27(33)19-24-15-9-1-2-10-16-28(34)36-21-26(31-29(24)35)18-23-13-7-4-8-14-23/h1,3,5-6,9,11-12,23-26,32H,2,4,7-8,10,13-21H2,(H,30,33)(H,31,35). The molecule has 3 N–H and O–H groups in total. The average Bonchev–Trinajstić information content (AvgIpc) is 2.89. The lowest BCUT2D eigenvalue weighted by Gasteiger charge is -2.28. The number of aliphatic hydroxyl groups excluding tert-OH is 1. The number of nitrogens with one attached hydrogen (secondary N) is 2. The predicted molar refractivity (Wildman–Crippen MR) is 139 cm³/mol. The fraction of sp³-hybridized carbons (Fsp3) is 0.621. The highest BCUT2D eigenvalue weighted by molar-refractivity contribution is 5.86. The minimum absolute atomic E-state index is 0.0391. The number of carbonyl (C=O) groups excluding carboxylic acids is 3. The van der Waals surface area contributed by atoms with Crippen molar-refractivity contribution in [1.29, 1.82) is 0 Å². The van der Waals surface area contributed by atoms with E-state index in [2.05, 4.69) is 10.6 Å². The number of esters is 1. The average molecular weight is 499 g/mol. The number of cyclic esters (lactones) is 1. The molecule has 1 aliphatic heterocycles. The number of hydrogen-bond donors (Lipinski definition) is 3. The Morgan fingerprint density at radius 2 is 1.86 bits per heavy atom. The molecule has 0 spiro atoms. The van der Waals surface area contributed by atoms with Gasteiger partial charge >= 0.3 is 5.97 Å². The second-order valence-corrected chi connectivity index (χ2v) is 10.3. The molecule has 0 bridgehead atoms. The molecule has 7 nitrogen and oxygen atoms in total. The molecule has 36 heavy (non-hydrogen) atoms. The Morgan fingerprint density at radius 1 is 1.08 bits per heavy atom. The fourth-order valence-corrected chi connectivity index (χ4v) is 5.17. The van der Waals surface area contributed by atoms with Gasteiger partial charge in [0.2, 0.25) is 11.8 Å². The van der Waals surface area contributed by atoms with Crippen molar-refractivity contribution in [2.75, 3.05) is 13.2 Å². The Morgan fingerprint density at radius 3 is 2.61 bits per heavy atom. The van der Waals surface area contributed by atoms with Crippen molar-refractivity contribution in [3.8, 4) is 0 Å². The van der Waals surface area contributed by atoms with Crippen LogP contribution in [0.3, 0.4) is 0 Å². The van der Waals surface area contributed by atoms with Crippen molar-refractivity contribution < 1.29 is 24.2 Å². The highest BCUT2D eigenvalue weighted by Crippen LogP contribution is 2.28. The number of carbonyl (C=O) groups is 3. The van der Waals surface area contributed by atoms with Crippen LogP contribution in [-0.2, 0) is 25.5 Å². The van der Waals surface area contributed by atoms with Gasteiger partial charge in [-0.25, -0.2) is 0 Å². The van der Waals surface area contributed by atoms with Gasteiger partial charge in [0.25, 0.3) is 0 Å². The van der Waals surface area contributed by atoms with Crippen LogP contribution in [0.1, 0.15) is 76.2 Å². The van der Waals surface area contributed by atoms with Gasteiger partial charge in [-0.15, -0.1) is 0 Å². The molecule has 198 valence electrons. The second-order valence-electron chi connectivity index (χ2n) is 10.3. The zero-order chi connectivity index (χ0) is 25.6. The predicted octanol–water partition coefficient (Wildman–Crippen LogP) is 3.84. The summed E-state index contributed by atoms with van der Waals surface area (Å²) in [6.45, 7) is 0.00328. The van der Waals surface area contributed by atoms with Crippen LogP contribution in [0.2, 0.25) is 0 Å². The van der Waals surface area contributed by atoms with Gasteiger partial charge in [0.15, 0.2) is 0 Å². The van der Waals surface area contributed by atoms with Crippen LogP contribution in [0, 0.1) is 11.8 Å². The van der Waals surface area contributed by atoms with E-state index in [9.17, 15) is 19.5 Å². The molecule has 1 heterocycles. The van der Waals surface area contributed by atoms with E-state index in [1.165, 1.54) is 19.3 Å². The zero-order valence-electron chi connectivity index (χ0n) is 21.3. The fourth-order valence-electron chi connectivity index (χ4n) is 5.17. The van der Waals surface area contributed by atoms with E-state index in [1.54, 1.807) is 0 Å². The number of benzene rings is 1. The molecule has 3 unspecified atom stereocenters. The second kappa shape index (κ2) is 15.4. The lowest BCUT2D eigenvalue weighted by molar-refractivity contribution is -0.145. The normalized spacial score (nSPS) is 23.4. The van der Waals surface area contributed by atoms with Crippen LogP contribution in [0.4, 0.5) is 0 Å². The topological polar surface area (TPSA) is 105 Å². The number of aliphatic hydroxyl groups is 1. The molecule has 3 atom stereocenters. The van der Waals surface area contributed by atoms with Crippen molar-refractivity contribution >= 4 is 17.8 Å². The maximum Gasteiger partial charge on any atom is 0.305 e. The third-order valence-electron chi connectivity index (χ3n) is 7.19. The van der Waals surface area contributed by atoms with Crippen molar-refractivity contribution in [2.24, 2.45) is 11.8 Å². The molecule has 1 aromatic rings. The summed E-state index contributed by atoms with van der Waals surface area (Å²) in [6.07, 6.45) is 13.4. The van der Waals surface area contributed by atoms with E-state index in [0.717, 1.165) is 31.2 Å². The molecule has 3 rings (SSSR count). The quantitative estimate of drug-likeness (QED) is 0.373. The van der Waals surface area contributed by atoms with Crippen molar-refractivity contribution in [3.05, 3.63) is 48.0 Å². The zero-order valence-corrected chi connectivity index (χ0v) is 21.3. The summed E-state index contributed by atoms with van der Waals surface area (Å²) >= 11 is 0. The van der Waals surface area contributed by atoms with Crippen LogP contribution in [-0.4, -0.2) is 48.2 Å². The number of hydrogen-bond acceptors (Lipinski definition) is 5. The molecule has 7 heteroatoms. The summed E-state index contributed by atoms with van der Waals surface area (Å²) in [6, 6.07) is 9.04. The van der Waals surface area contributed by atoms with Crippen LogP contribution in [0.15, 0.2) is 42.5 Å². The first kappa shape index (κ1) is 27.9. The van der Waals surface area contributed by atoms with Gasteiger partial charge in [0.05, 0.1) is 24.6 Å². The number of rotatable bonds is 8. The Hall–Kier alpha value is -2.67. The third kappa shape index (κ3) is 10.1. The molecule has 0 aromatic heterocycles. The summed E-state index contributed by atoms with van der Waals surface area (Å²) in [4.78, 5) is 38.4. The molecular weight excluding hydrogens is 456 g/mol. The highest BCUT2D eigenvalue weighted by atomic mass is 16.5. The van der Waals surface area contributed by atoms with E-state index in [-0.39, 0.29) is 43.5 Å². The van der Waals surface area contributed by atoms with E-state index >= 15 is 0 Å². The summed E-state index contributed by atoms with van der Waals surface area (Å²) in [5.74, 6) is -0.673. The minimum Gasteiger partial charge on any atom is -0.463 e. The number of ether oxygens (including phenoxy) is 1. The molecule has 2 aliphatic rings. The first-order valence-electron chi connectivity index (χ1n) is 13.6. The summed E-state index contributed by atoms with van der Waals surface area (Å²) in [5, 5.41) is 15.8. The van der Waals surface area contributed by atoms with Gasteiger partial charge in [0, 0.05) is 12.8 Å². The molecule has 0 saturated heterocycles. The maximum absolute atomic E-state index is 13.3. The first-order chi connectivity index (χ1) is 17.5. The highest BCUT2D eigenvalue weighted by Gasteiger charge is 2.27. The van der Waals surface area contributed by atoms with Crippen LogP contribution < -0.4 is 10.6 Å². The SMILES string of the molecule is O=C(CC1CC=CCCCC(=O)OCC(CC2CCCCC2)NC1=O)NC(CO)Cc1ccccc1. The first-order valence-corrected chi connectivity index (χ1v) is 13.6. The molecule has 0 radical (unpaired) electrons.